The minimum atomic E-state index is -2.27. The van der Waals surface area contributed by atoms with Gasteiger partial charge in [-0.1, -0.05) is 0 Å². The van der Waals surface area contributed by atoms with Crippen molar-refractivity contribution in [3.8, 4) is 0 Å². The molecule has 1 aromatic heterocycles. The first-order chi connectivity index (χ1) is 9.41. The van der Waals surface area contributed by atoms with Gasteiger partial charge >= 0.3 is 0 Å². The highest BCUT2D eigenvalue weighted by Gasteiger charge is 2.21. The molecule has 1 aliphatic heterocycles. The lowest BCUT2D eigenvalue weighted by atomic mass is 10.2. The van der Waals surface area contributed by atoms with Crippen LogP contribution < -0.4 is 4.90 Å². The fourth-order valence-electron chi connectivity index (χ4n) is 2.08. The molecule has 0 spiro atoms. The number of halogens is 1. The zero-order valence-electron chi connectivity index (χ0n) is 11.9. The number of hydrogen-bond donors (Lipinski definition) is 0. The van der Waals surface area contributed by atoms with E-state index in [-0.39, 0.29) is 17.1 Å². The van der Waals surface area contributed by atoms with E-state index in [1.165, 1.54) is 0 Å². The molecule has 0 saturated carbocycles. The smallest absolute Gasteiger partial charge is 0.224 e. The maximum absolute atomic E-state index is 12.1. The molecule has 1 unspecified atom stereocenters. The van der Waals surface area contributed by atoms with E-state index in [4.69, 9.17) is 16.3 Å². The SMILES string of the molecule is CN=S(C)(=O)Cc1cc(N2CCOC[C@H]2C)nc(Cl)n1. The molecule has 6 nitrogen and oxygen atoms in total. The Morgan fingerprint density at radius 2 is 2.35 bits per heavy atom. The van der Waals surface area contributed by atoms with Crippen LogP contribution in [0.5, 0.6) is 0 Å². The molecule has 0 N–H and O–H groups in total. The Morgan fingerprint density at radius 1 is 1.60 bits per heavy atom. The Labute approximate surface area is 124 Å². The first-order valence-corrected chi connectivity index (χ1v) is 8.84. The standard InChI is InChI=1S/C12H19ClN4O2S/c1-9-7-19-5-4-17(9)11-6-10(15-12(13)16-11)8-20(3,18)14-2/h6,9H,4-5,7-8H2,1-3H3/t9-,20?/m1/s1. The van der Waals surface area contributed by atoms with Crippen molar-refractivity contribution in [1.29, 1.82) is 0 Å². The molecule has 1 fully saturated rings. The van der Waals surface area contributed by atoms with E-state index in [1.54, 1.807) is 13.3 Å². The summed E-state index contributed by atoms with van der Waals surface area (Å²) in [5, 5.41) is 0.169. The number of rotatable bonds is 3. The van der Waals surface area contributed by atoms with Crippen molar-refractivity contribution in [1.82, 2.24) is 9.97 Å². The van der Waals surface area contributed by atoms with E-state index >= 15 is 0 Å². The van der Waals surface area contributed by atoms with Gasteiger partial charge in [-0.15, -0.1) is 0 Å². The van der Waals surface area contributed by atoms with E-state index in [1.807, 2.05) is 6.07 Å². The molecule has 2 atom stereocenters. The molecule has 20 heavy (non-hydrogen) atoms. The second kappa shape index (κ2) is 6.24. The van der Waals surface area contributed by atoms with Crippen molar-refractivity contribution < 1.29 is 8.95 Å². The van der Waals surface area contributed by atoms with Crippen LogP contribution in [0.3, 0.4) is 0 Å². The van der Waals surface area contributed by atoms with Gasteiger partial charge in [0.15, 0.2) is 0 Å². The van der Waals surface area contributed by atoms with E-state index in [0.29, 0.717) is 18.9 Å². The summed E-state index contributed by atoms with van der Waals surface area (Å²) in [6.45, 7) is 4.15. The molecule has 112 valence electrons. The summed E-state index contributed by atoms with van der Waals surface area (Å²) in [6.07, 6.45) is 1.61. The van der Waals surface area contributed by atoms with E-state index < -0.39 is 9.73 Å². The van der Waals surface area contributed by atoms with Gasteiger partial charge in [-0.3, -0.25) is 0 Å². The van der Waals surface area contributed by atoms with Crippen LogP contribution in [-0.2, 0) is 20.2 Å². The molecule has 0 amide bonds. The van der Waals surface area contributed by atoms with Gasteiger partial charge in [-0.05, 0) is 18.5 Å². The molecule has 1 saturated heterocycles. The summed E-state index contributed by atoms with van der Waals surface area (Å²) >= 11 is 5.99. The minimum absolute atomic E-state index is 0.169. The lowest BCUT2D eigenvalue weighted by molar-refractivity contribution is 0.0985. The van der Waals surface area contributed by atoms with E-state index in [0.717, 1.165) is 12.4 Å². The molecule has 0 aromatic carbocycles. The van der Waals surface area contributed by atoms with Crippen molar-refractivity contribution in [3.63, 3.8) is 0 Å². The van der Waals surface area contributed by atoms with Gasteiger partial charge in [0.1, 0.15) is 5.82 Å². The molecular weight excluding hydrogens is 300 g/mol. The number of morpholine rings is 1. The molecule has 0 bridgehead atoms. The predicted molar refractivity (Wildman–Crippen MR) is 80.8 cm³/mol. The second-order valence-corrected chi connectivity index (χ2v) is 7.80. The first-order valence-electron chi connectivity index (χ1n) is 6.37. The number of ether oxygens (including phenoxy) is 1. The third kappa shape index (κ3) is 3.80. The fourth-order valence-corrected chi connectivity index (χ4v) is 3.10. The molecule has 1 aliphatic rings. The molecule has 2 rings (SSSR count). The minimum Gasteiger partial charge on any atom is -0.377 e. The predicted octanol–water partition coefficient (Wildman–Crippen LogP) is 1.58. The van der Waals surface area contributed by atoms with Crippen LogP contribution in [0.15, 0.2) is 10.4 Å². The zero-order valence-corrected chi connectivity index (χ0v) is 13.4. The van der Waals surface area contributed by atoms with Crippen molar-refractivity contribution >= 4 is 27.1 Å². The highest BCUT2D eigenvalue weighted by Crippen LogP contribution is 2.21. The summed E-state index contributed by atoms with van der Waals surface area (Å²) in [4.78, 5) is 10.5. The summed E-state index contributed by atoms with van der Waals surface area (Å²) in [7, 11) is -0.716. The largest absolute Gasteiger partial charge is 0.377 e. The Hall–Kier alpha value is -0.920. The van der Waals surface area contributed by atoms with Gasteiger partial charge in [-0.25, -0.2) is 18.5 Å². The summed E-state index contributed by atoms with van der Waals surface area (Å²) in [5.74, 6) is 1.03. The van der Waals surface area contributed by atoms with Gasteiger partial charge < -0.3 is 9.64 Å². The van der Waals surface area contributed by atoms with Crippen LogP contribution in [-0.4, -0.2) is 53.3 Å². The number of anilines is 1. The Morgan fingerprint density at radius 3 is 3.00 bits per heavy atom. The normalized spacial score (nSPS) is 22.4. The number of hydrogen-bond acceptors (Lipinski definition) is 6. The van der Waals surface area contributed by atoms with Crippen molar-refractivity contribution in [2.24, 2.45) is 4.36 Å². The topological polar surface area (TPSA) is 67.7 Å². The van der Waals surface area contributed by atoms with Gasteiger partial charge in [0.2, 0.25) is 5.28 Å². The number of nitrogens with zero attached hydrogens (tertiary/aromatic N) is 4. The quantitative estimate of drug-likeness (QED) is 0.792. The average molecular weight is 319 g/mol. The first kappa shape index (κ1) is 15.5. The second-order valence-electron chi connectivity index (χ2n) is 4.89. The maximum atomic E-state index is 12.1. The molecule has 8 heteroatoms. The fraction of sp³-hybridized carbons (Fsp3) is 0.667. The monoisotopic (exact) mass is 318 g/mol. The van der Waals surface area contributed by atoms with Crippen molar-refractivity contribution in [2.45, 2.75) is 18.7 Å². The lowest BCUT2D eigenvalue weighted by Gasteiger charge is -2.34. The zero-order chi connectivity index (χ0) is 14.8. The Kier molecular flexibility index (Phi) is 4.82. The van der Waals surface area contributed by atoms with Crippen LogP contribution in [0.4, 0.5) is 5.82 Å². The van der Waals surface area contributed by atoms with Gasteiger partial charge in [0, 0.05) is 35.6 Å². The average Bonchev–Trinajstić information content (AvgIpc) is 2.38. The van der Waals surface area contributed by atoms with Gasteiger partial charge in [-0.2, -0.15) is 0 Å². The summed E-state index contributed by atoms with van der Waals surface area (Å²) in [6, 6.07) is 2.06. The van der Waals surface area contributed by atoms with Crippen LogP contribution in [0.25, 0.3) is 0 Å². The van der Waals surface area contributed by atoms with E-state index in [9.17, 15) is 4.21 Å². The molecule has 0 radical (unpaired) electrons. The van der Waals surface area contributed by atoms with Crippen molar-refractivity contribution in [2.75, 3.05) is 38.0 Å². The van der Waals surface area contributed by atoms with Crippen LogP contribution >= 0.6 is 11.6 Å². The molecule has 1 aromatic rings. The maximum Gasteiger partial charge on any atom is 0.224 e. The third-order valence-corrected chi connectivity index (χ3v) is 4.98. The van der Waals surface area contributed by atoms with E-state index in [2.05, 4.69) is 26.2 Å². The van der Waals surface area contributed by atoms with Gasteiger partial charge in [0.25, 0.3) is 0 Å². The molecule has 2 heterocycles. The highest BCUT2D eigenvalue weighted by molar-refractivity contribution is 7.92. The highest BCUT2D eigenvalue weighted by atomic mass is 35.5. The lowest BCUT2D eigenvalue weighted by Crippen LogP contribution is -2.44. The van der Waals surface area contributed by atoms with Crippen LogP contribution in [0.2, 0.25) is 5.28 Å². The Bertz CT molecular complexity index is 601. The Balaban J connectivity index is 2.31. The summed E-state index contributed by atoms with van der Waals surface area (Å²) in [5.41, 5.74) is 0.650. The van der Waals surface area contributed by atoms with Crippen LogP contribution in [0.1, 0.15) is 12.6 Å². The molecular formula is C12H19ClN4O2S. The summed E-state index contributed by atoms with van der Waals surface area (Å²) < 4.78 is 21.4. The van der Waals surface area contributed by atoms with Gasteiger partial charge in [0.05, 0.1) is 30.7 Å². The number of aromatic nitrogens is 2. The van der Waals surface area contributed by atoms with Crippen LogP contribution in [0, 0.1) is 0 Å². The third-order valence-electron chi connectivity index (χ3n) is 3.20. The molecule has 0 aliphatic carbocycles. The van der Waals surface area contributed by atoms with Crippen molar-refractivity contribution in [3.05, 3.63) is 17.0 Å².